The fraction of sp³-hybridized carbons (Fsp3) is 0.467. The molecule has 0 radical (unpaired) electrons. The lowest BCUT2D eigenvalue weighted by Gasteiger charge is -2.31. The molecule has 1 unspecified atom stereocenters. The van der Waals surface area contributed by atoms with Gasteiger partial charge in [0.2, 0.25) is 5.95 Å². The number of imidazole rings is 1. The van der Waals surface area contributed by atoms with Gasteiger partial charge < -0.3 is 25.7 Å². The molecule has 1 aliphatic rings. The van der Waals surface area contributed by atoms with Crippen LogP contribution in [0.3, 0.4) is 0 Å². The number of aromatic amines is 1. The molecule has 1 aliphatic heterocycles. The van der Waals surface area contributed by atoms with Gasteiger partial charge in [0.1, 0.15) is 23.2 Å². The van der Waals surface area contributed by atoms with Crippen LogP contribution < -0.4 is 11.5 Å². The Hall–Kier alpha value is -2.72. The minimum Gasteiger partial charge on any atom is -0.382 e. The molecule has 5 N–H and O–H groups in total. The molecule has 4 heterocycles. The normalized spacial score (nSPS) is 18.9. The van der Waals surface area contributed by atoms with Gasteiger partial charge in [0, 0.05) is 25.2 Å². The van der Waals surface area contributed by atoms with Crippen molar-refractivity contribution in [1.29, 1.82) is 0 Å². The van der Waals surface area contributed by atoms with Crippen molar-refractivity contribution >= 4 is 22.9 Å². The first-order valence-corrected chi connectivity index (χ1v) is 8.05. The standard InChI is InChI=1S/C15H20N8O2/c1-7-9(8(2)25-22-7)5-23-3-4-24-10(6-23)13-18-11-12(16)19-15(17)21-14(11)20-13/h10H,3-6H2,1-2H3,(H5,16,17,18,19,20,21). The number of morpholine rings is 1. The third-order valence-corrected chi connectivity index (χ3v) is 4.43. The number of nitrogen functional groups attached to an aromatic ring is 2. The van der Waals surface area contributed by atoms with Crippen LogP contribution in [-0.2, 0) is 11.3 Å². The number of nitrogens with one attached hydrogen (secondary N) is 1. The van der Waals surface area contributed by atoms with Gasteiger partial charge in [-0.15, -0.1) is 0 Å². The van der Waals surface area contributed by atoms with Crippen molar-refractivity contribution in [2.45, 2.75) is 26.5 Å². The van der Waals surface area contributed by atoms with Crippen LogP contribution >= 0.6 is 0 Å². The number of fused-ring (bicyclic) bond motifs is 1. The van der Waals surface area contributed by atoms with Crippen LogP contribution in [0.15, 0.2) is 4.52 Å². The lowest BCUT2D eigenvalue weighted by molar-refractivity contribution is -0.0368. The van der Waals surface area contributed by atoms with E-state index in [1.165, 1.54) is 0 Å². The molecule has 1 saturated heterocycles. The van der Waals surface area contributed by atoms with Gasteiger partial charge in [-0.25, -0.2) is 4.98 Å². The second-order valence-corrected chi connectivity index (χ2v) is 6.18. The zero-order chi connectivity index (χ0) is 17.6. The number of hydrogen-bond acceptors (Lipinski definition) is 9. The molecule has 25 heavy (non-hydrogen) atoms. The van der Waals surface area contributed by atoms with Gasteiger partial charge in [0.15, 0.2) is 11.5 Å². The zero-order valence-electron chi connectivity index (χ0n) is 14.1. The molecule has 4 rings (SSSR count). The lowest BCUT2D eigenvalue weighted by Crippen LogP contribution is -2.38. The Morgan fingerprint density at radius 3 is 2.84 bits per heavy atom. The van der Waals surface area contributed by atoms with E-state index in [0.717, 1.165) is 30.1 Å². The maximum atomic E-state index is 5.88. The Bertz CT molecular complexity index is 898. The van der Waals surface area contributed by atoms with E-state index in [9.17, 15) is 0 Å². The summed E-state index contributed by atoms with van der Waals surface area (Å²) in [5.74, 6) is 1.91. The van der Waals surface area contributed by atoms with E-state index in [1.807, 2.05) is 13.8 Å². The highest BCUT2D eigenvalue weighted by Crippen LogP contribution is 2.25. The van der Waals surface area contributed by atoms with Crippen molar-refractivity contribution in [3.05, 3.63) is 22.8 Å². The fourth-order valence-electron chi connectivity index (χ4n) is 3.07. The van der Waals surface area contributed by atoms with E-state index in [-0.39, 0.29) is 17.9 Å². The van der Waals surface area contributed by atoms with Gasteiger partial charge in [0.05, 0.1) is 12.3 Å². The van der Waals surface area contributed by atoms with Crippen molar-refractivity contribution in [1.82, 2.24) is 30.0 Å². The number of nitrogens with zero attached hydrogens (tertiary/aromatic N) is 5. The van der Waals surface area contributed by atoms with Gasteiger partial charge >= 0.3 is 0 Å². The summed E-state index contributed by atoms with van der Waals surface area (Å²) in [6.07, 6.45) is -0.205. The van der Waals surface area contributed by atoms with Gasteiger partial charge in [-0.3, -0.25) is 4.90 Å². The second-order valence-electron chi connectivity index (χ2n) is 6.18. The fourth-order valence-corrected chi connectivity index (χ4v) is 3.07. The molecule has 0 amide bonds. The van der Waals surface area contributed by atoms with Gasteiger partial charge in [-0.1, -0.05) is 5.16 Å². The first-order chi connectivity index (χ1) is 12.0. The van der Waals surface area contributed by atoms with E-state index in [2.05, 4.69) is 30.0 Å². The Labute approximate surface area is 143 Å². The molecule has 0 aliphatic carbocycles. The quantitative estimate of drug-likeness (QED) is 0.624. The first-order valence-electron chi connectivity index (χ1n) is 8.05. The predicted molar refractivity (Wildman–Crippen MR) is 90.5 cm³/mol. The first kappa shape index (κ1) is 15.8. The van der Waals surface area contributed by atoms with Crippen molar-refractivity contribution in [3.63, 3.8) is 0 Å². The van der Waals surface area contributed by atoms with Crippen LogP contribution in [0.25, 0.3) is 11.2 Å². The molecular formula is C15H20N8O2. The van der Waals surface area contributed by atoms with Crippen molar-refractivity contribution in [3.8, 4) is 0 Å². The van der Waals surface area contributed by atoms with Crippen molar-refractivity contribution < 1.29 is 9.26 Å². The summed E-state index contributed by atoms with van der Waals surface area (Å²) in [6, 6.07) is 0. The van der Waals surface area contributed by atoms with E-state index in [4.69, 9.17) is 20.7 Å². The highest BCUT2D eigenvalue weighted by molar-refractivity contribution is 5.82. The number of aromatic nitrogens is 5. The Balaban J connectivity index is 1.56. The summed E-state index contributed by atoms with van der Waals surface area (Å²) in [6.45, 7) is 6.76. The summed E-state index contributed by atoms with van der Waals surface area (Å²) >= 11 is 0. The minimum atomic E-state index is -0.205. The molecule has 0 saturated carbocycles. The average molecular weight is 344 g/mol. The second kappa shape index (κ2) is 5.97. The minimum absolute atomic E-state index is 0.104. The van der Waals surface area contributed by atoms with E-state index >= 15 is 0 Å². The molecule has 1 atom stereocenters. The van der Waals surface area contributed by atoms with Crippen molar-refractivity contribution in [2.75, 3.05) is 31.2 Å². The number of ether oxygens (including phenoxy) is 1. The number of nitrogens with two attached hydrogens (primary N) is 2. The topological polar surface area (TPSA) is 145 Å². The molecule has 132 valence electrons. The van der Waals surface area contributed by atoms with Crippen LogP contribution in [0.5, 0.6) is 0 Å². The maximum absolute atomic E-state index is 5.88. The molecular weight excluding hydrogens is 324 g/mol. The van der Waals surface area contributed by atoms with Gasteiger partial charge in [-0.2, -0.15) is 9.97 Å². The zero-order valence-corrected chi connectivity index (χ0v) is 14.1. The van der Waals surface area contributed by atoms with Crippen LogP contribution in [0.1, 0.15) is 28.9 Å². The third-order valence-electron chi connectivity index (χ3n) is 4.43. The number of rotatable bonds is 3. The van der Waals surface area contributed by atoms with E-state index in [1.54, 1.807) is 0 Å². The summed E-state index contributed by atoms with van der Waals surface area (Å²) in [7, 11) is 0. The maximum Gasteiger partial charge on any atom is 0.224 e. The number of H-pyrrole nitrogens is 1. The van der Waals surface area contributed by atoms with Crippen LogP contribution in [0.4, 0.5) is 11.8 Å². The number of hydrogen-bond donors (Lipinski definition) is 3. The lowest BCUT2D eigenvalue weighted by atomic mass is 10.1. The number of anilines is 2. The Morgan fingerprint density at radius 1 is 1.24 bits per heavy atom. The Morgan fingerprint density at radius 2 is 2.08 bits per heavy atom. The van der Waals surface area contributed by atoms with Gasteiger partial charge in [0.25, 0.3) is 0 Å². The summed E-state index contributed by atoms with van der Waals surface area (Å²) in [5.41, 5.74) is 14.6. The molecule has 1 fully saturated rings. The molecule has 10 nitrogen and oxygen atoms in total. The predicted octanol–water partition coefficient (Wildman–Crippen LogP) is 0.696. The molecule has 0 spiro atoms. The highest BCUT2D eigenvalue weighted by Gasteiger charge is 2.26. The van der Waals surface area contributed by atoms with E-state index < -0.39 is 0 Å². The summed E-state index contributed by atoms with van der Waals surface area (Å²) in [5, 5.41) is 4.01. The molecule has 10 heteroatoms. The van der Waals surface area contributed by atoms with Crippen molar-refractivity contribution in [2.24, 2.45) is 0 Å². The van der Waals surface area contributed by atoms with Crippen LogP contribution in [0.2, 0.25) is 0 Å². The summed E-state index contributed by atoms with van der Waals surface area (Å²) < 4.78 is 11.1. The highest BCUT2D eigenvalue weighted by atomic mass is 16.5. The van der Waals surface area contributed by atoms with Crippen LogP contribution in [-0.4, -0.2) is 49.7 Å². The average Bonchev–Trinajstić information content (AvgIpc) is 3.14. The van der Waals surface area contributed by atoms with Gasteiger partial charge in [-0.05, 0) is 13.8 Å². The SMILES string of the molecule is Cc1noc(C)c1CN1CCOC(c2nc3nc(N)nc(N)c3[nH]2)C1. The van der Waals surface area contributed by atoms with E-state index in [0.29, 0.717) is 30.1 Å². The number of aryl methyl sites for hydroxylation is 2. The largest absolute Gasteiger partial charge is 0.382 e. The smallest absolute Gasteiger partial charge is 0.224 e. The Kier molecular flexibility index (Phi) is 3.77. The molecule has 3 aromatic rings. The molecule has 3 aromatic heterocycles. The van der Waals surface area contributed by atoms with Crippen LogP contribution in [0, 0.1) is 13.8 Å². The summed E-state index contributed by atoms with van der Waals surface area (Å²) in [4.78, 5) is 18.0. The molecule has 0 aromatic carbocycles. The monoisotopic (exact) mass is 344 g/mol. The molecule has 0 bridgehead atoms. The third kappa shape index (κ3) is 2.89.